The second-order valence-corrected chi connectivity index (χ2v) is 10.1. The van der Waals surface area contributed by atoms with E-state index in [0.717, 1.165) is 25.7 Å². The number of amides is 1. The summed E-state index contributed by atoms with van der Waals surface area (Å²) in [4.78, 5) is 12.6. The largest absolute Gasteiger partial charge is 0.330 e. The van der Waals surface area contributed by atoms with Crippen molar-refractivity contribution in [3.63, 3.8) is 0 Å². The Morgan fingerprint density at radius 2 is 1.81 bits per heavy atom. The van der Waals surface area contributed by atoms with Crippen LogP contribution in [0.5, 0.6) is 0 Å². The normalized spacial score (nSPS) is 17.0. The van der Waals surface area contributed by atoms with E-state index >= 15 is 0 Å². The van der Waals surface area contributed by atoms with E-state index in [1.807, 2.05) is 0 Å². The molecule has 0 bridgehead atoms. The van der Waals surface area contributed by atoms with Crippen LogP contribution in [0.25, 0.3) is 0 Å². The van der Waals surface area contributed by atoms with Gasteiger partial charge in [-0.3, -0.25) is 4.79 Å². The average Bonchev–Trinajstić information content (AvgIpc) is 2.53. The first-order chi connectivity index (χ1) is 12.1. The minimum Gasteiger partial charge on any atom is -0.330 e. The van der Waals surface area contributed by atoms with Crippen LogP contribution >= 0.6 is 12.4 Å². The maximum absolute atomic E-state index is 12.5. The highest BCUT2D eigenvalue weighted by Gasteiger charge is 2.33. The number of carbonyl (C=O) groups is 1. The van der Waals surface area contributed by atoms with Gasteiger partial charge in [0.2, 0.25) is 15.9 Å². The highest BCUT2D eigenvalue weighted by atomic mass is 35.5. The first kappa shape index (κ1) is 23.9. The predicted molar refractivity (Wildman–Crippen MR) is 112 cm³/mol. The molecule has 2 rings (SSSR count). The van der Waals surface area contributed by atoms with Gasteiger partial charge in [-0.2, -0.15) is 0 Å². The van der Waals surface area contributed by atoms with Crippen molar-refractivity contribution in [2.75, 3.05) is 11.9 Å². The van der Waals surface area contributed by atoms with E-state index < -0.39 is 15.6 Å². The molecule has 0 saturated heterocycles. The molecule has 0 aromatic heterocycles. The number of benzene rings is 1. The van der Waals surface area contributed by atoms with Crippen LogP contribution in [0.15, 0.2) is 29.2 Å². The van der Waals surface area contributed by atoms with Gasteiger partial charge >= 0.3 is 0 Å². The second kappa shape index (κ2) is 9.37. The van der Waals surface area contributed by atoms with Crippen LogP contribution in [-0.4, -0.2) is 26.4 Å². The van der Waals surface area contributed by atoms with Crippen LogP contribution in [0.4, 0.5) is 5.69 Å². The topological polar surface area (TPSA) is 101 Å². The Kier molecular flexibility index (Phi) is 8.29. The molecule has 6 nitrogen and oxygen atoms in total. The minimum atomic E-state index is -3.64. The van der Waals surface area contributed by atoms with Crippen LogP contribution < -0.4 is 15.8 Å². The monoisotopic (exact) mass is 417 g/mol. The van der Waals surface area contributed by atoms with E-state index in [0.29, 0.717) is 18.7 Å². The molecule has 0 spiro atoms. The zero-order valence-corrected chi connectivity index (χ0v) is 18.0. The van der Waals surface area contributed by atoms with Gasteiger partial charge in [0.1, 0.15) is 0 Å². The number of carbonyl (C=O) groups excluding carboxylic acids is 1. The average molecular weight is 418 g/mol. The maximum atomic E-state index is 12.5. The molecule has 1 amide bonds. The van der Waals surface area contributed by atoms with Gasteiger partial charge in [-0.15, -0.1) is 12.4 Å². The van der Waals surface area contributed by atoms with Crippen LogP contribution in [0.3, 0.4) is 0 Å². The lowest BCUT2D eigenvalue weighted by molar-refractivity contribution is -0.118. The van der Waals surface area contributed by atoms with E-state index in [1.165, 1.54) is 18.6 Å². The third kappa shape index (κ3) is 7.07. The van der Waals surface area contributed by atoms with Gasteiger partial charge in [0.25, 0.3) is 0 Å². The smallest absolute Gasteiger partial charge is 0.241 e. The number of anilines is 1. The molecule has 154 valence electrons. The van der Waals surface area contributed by atoms with Crippen molar-refractivity contribution in [1.29, 1.82) is 0 Å². The third-order valence-corrected chi connectivity index (χ3v) is 6.51. The number of hydrogen-bond donors (Lipinski definition) is 3. The summed E-state index contributed by atoms with van der Waals surface area (Å²) in [5, 5.41) is 2.84. The van der Waals surface area contributed by atoms with Crippen LogP contribution in [0.2, 0.25) is 0 Å². The van der Waals surface area contributed by atoms with Crippen molar-refractivity contribution in [3.05, 3.63) is 24.3 Å². The summed E-state index contributed by atoms with van der Waals surface area (Å²) in [5.41, 5.74) is 5.73. The quantitative estimate of drug-likeness (QED) is 0.659. The van der Waals surface area contributed by atoms with Gasteiger partial charge in [-0.05, 0) is 63.8 Å². The van der Waals surface area contributed by atoms with Crippen molar-refractivity contribution in [1.82, 2.24) is 4.72 Å². The molecular formula is C19H32ClN3O3S. The van der Waals surface area contributed by atoms with Gasteiger partial charge in [0.05, 0.1) is 4.90 Å². The molecule has 4 N–H and O–H groups in total. The Balaban J connectivity index is 0.00000364. The molecule has 0 atom stereocenters. The predicted octanol–water partition coefficient (Wildman–Crippen LogP) is 3.42. The number of halogens is 1. The molecule has 0 unspecified atom stereocenters. The minimum absolute atomic E-state index is 0. The number of nitrogens with one attached hydrogen (secondary N) is 2. The van der Waals surface area contributed by atoms with Crippen LogP contribution in [0.1, 0.15) is 59.3 Å². The Labute approximate surface area is 169 Å². The summed E-state index contributed by atoms with van der Waals surface area (Å²) < 4.78 is 27.5. The lowest BCUT2D eigenvalue weighted by atomic mass is 9.71. The SMILES string of the molecule is CC(C)(C)NS(=O)(=O)c1cccc(NC(=O)CC2(CN)CCCCC2)c1.Cl. The standard InChI is InChI=1S/C19H31N3O3S.ClH/c1-18(2,3)22-26(24,25)16-9-7-8-15(12-16)21-17(23)13-19(14-20)10-5-4-6-11-19;/h7-9,12,22H,4-6,10-11,13-14,20H2,1-3H3,(H,21,23);1H. The highest BCUT2D eigenvalue weighted by Crippen LogP contribution is 2.38. The Hall–Kier alpha value is -1.15. The van der Waals surface area contributed by atoms with Crippen molar-refractivity contribution in [2.45, 2.75) is 69.7 Å². The third-order valence-electron chi connectivity index (χ3n) is 4.75. The summed E-state index contributed by atoms with van der Waals surface area (Å²) in [6.45, 7) is 5.86. The van der Waals surface area contributed by atoms with Crippen molar-refractivity contribution >= 4 is 34.0 Å². The van der Waals surface area contributed by atoms with E-state index in [4.69, 9.17) is 5.73 Å². The second-order valence-electron chi connectivity index (χ2n) is 8.37. The molecule has 1 saturated carbocycles. The summed E-state index contributed by atoms with van der Waals surface area (Å²) in [5.74, 6) is -0.115. The Morgan fingerprint density at radius 1 is 1.19 bits per heavy atom. The van der Waals surface area contributed by atoms with Crippen molar-refractivity contribution in [2.24, 2.45) is 11.1 Å². The maximum Gasteiger partial charge on any atom is 0.241 e. The van der Waals surface area contributed by atoms with E-state index in [1.54, 1.807) is 32.9 Å². The number of hydrogen-bond acceptors (Lipinski definition) is 4. The van der Waals surface area contributed by atoms with Crippen molar-refractivity contribution in [3.8, 4) is 0 Å². The lowest BCUT2D eigenvalue weighted by Gasteiger charge is -2.35. The molecule has 0 heterocycles. The lowest BCUT2D eigenvalue weighted by Crippen LogP contribution is -2.40. The first-order valence-electron chi connectivity index (χ1n) is 9.19. The van der Waals surface area contributed by atoms with E-state index in [9.17, 15) is 13.2 Å². The Morgan fingerprint density at radius 3 is 2.37 bits per heavy atom. The molecule has 1 aliphatic rings. The Bertz CT molecular complexity index is 739. The van der Waals surface area contributed by atoms with Crippen LogP contribution in [0, 0.1) is 5.41 Å². The zero-order chi connectivity index (χ0) is 19.4. The van der Waals surface area contributed by atoms with Gasteiger partial charge in [-0.25, -0.2) is 13.1 Å². The number of rotatable bonds is 6. The summed E-state index contributed by atoms with van der Waals surface area (Å²) in [7, 11) is -3.64. The van der Waals surface area contributed by atoms with Crippen molar-refractivity contribution < 1.29 is 13.2 Å². The molecule has 27 heavy (non-hydrogen) atoms. The molecule has 1 fully saturated rings. The zero-order valence-electron chi connectivity index (χ0n) is 16.4. The fourth-order valence-corrected chi connectivity index (χ4v) is 4.97. The van der Waals surface area contributed by atoms with E-state index in [2.05, 4.69) is 10.0 Å². The molecule has 1 aromatic carbocycles. The van der Waals surface area contributed by atoms with Gasteiger partial charge < -0.3 is 11.1 Å². The summed E-state index contributed by atoms with van der Waals surface area (Å²) in [6.07, 6.45) is 5.74. The molecular weight excluding hydrogens is 386 g/mol. The van der Waals surface area contributed by atoms with Crippen LogP contribution in [-0.2, 0) is 14.8 Å². The van der Waals surface area contributed by atoms with Gasteiger partial charge in [0, 0.05) is 17.6 Å². The fraction of sp³-hybridized carbons (Fsp3) is 0.632. The fourth-order valence-electron chi connectivity index (χ4n) is 3.50. The number of sulfonamides is 1. The molecule has 1 aromatic rings. The summed E-state index contributed by atoms with van der Waals surface area (Å²) in [6, 6.07) is 6.34. The highest BCUT2D eigenvalue weighted by molar-refractivity contribution is 7.89. The molecule has 0 aliphatic heterocycles. The summed E-state index contributed by atoms with van der Waals surface area (Å²) >= 11 is 0. The van der Waals surface area contributed by atoms with Gasteiger partial charge in [-0.1, -0.05) is 25.3 Å². The molecule has 0 radical (unpaired) electrons. The first-order valence-corrected chi connectivity index (χ1v) is 10.7. The van der Waals surface area contributed by atoms with E-state index in [-0.39, 0.29) is 28.6 Å². The number of nitrogens with two attached hydrogens (primary N) is 1. The van der Waals surface area contributed by atoms with Gasteiger partial charge in [0.15, 0.2) is 0 Å². The molecule has 1 aliphatic carbocycles. The molecule has 8 heteroatoms.